The van der Waals surface area contributed by atoms with E-state index in [-0.39, 0.29) is 17.8 Å². The minimum Gasteiger partial charge on any atom is -0.476 e. The molecule has 110 valence electrons. The zero-order valence-corrected chi connectivity index (χ0v) is 12.0. The largest absolute Gasteiger partial charge is 0.476 e. The normalized spacial score (nSPS) is 18.9. The van der Waals surface area contributed by atoms with Crippen molar-refractivity contribution in [3.63, 3.8) is 0 Å². The van der Waals surface area contributed by atoms with E-state index in [2.05, 4.69) is 10.3 Å². The van der Waals surface area contributed by atoms with E-state index in [9.17, 15) is 9.59 Å². The molecule has 1 aliphatic rings. The molecule has 2 amide bonds. The third kappa shape index (κ3) is 3.91. The van der Waals surface area contributed by atoms with Gasteiger partial charge < -0.3 is 20.1 Å². The molecule has 1 unspecified atom stereocenters. The Kier molecular flexibility index (Phi) is 4.91. The van der Waals surface area contributed by atoms with Crippen molar-refractivity contribution in [3.05, 3.63) is 16.1 Å². The van der Waals surface area contributed by atoms with Crippen molar-refractivity contribution in [3.8, 4) is 0 Å². The summed E-state index contributed by atoms with van der Waals surface area (Å²) >= 11 is 1.29. The highest BCUT2D eigenvalue weighted by molar-refractivity contribution is 7.09. The summed E-state index contributed by atoms with van der Waals surface area (Å²) in [5.74, 6) is -1.03. The van der Waals surface area contributed by atoms with Crippen molar-refractivity contribution >= 4 is 23.3 Å². The predicted molar refractivity (Wildman–Crippen MR) is 73.2 cm³/mol. The number of hydrogen-bond acceptors (Lipinski definition) is 5. The van der Waals surface area contributed by atoms with Gasteiger partial charge in [0.1, 0.15) is 0 Å². The van der Waals surface area contributed by atoms with Gasteiger partial charge in [-0.05, 0) is 6.92 Å². The number of carbonyl (C=O) groups is 2. The van der Waals surface area contributed by atoms with Gasteiger partial charge in [-0.2, -0.15) is 0 Å². The Balaban J connectivity index is 1.74. The molecule has 2 N–H and O–H groups in total. The second-order valence-electron chi connectivity index (χ2n) is 4.54. The maximum absolute atomic E-state index is 11.9. The molecule has 1 atom stereocenters. The van der Waals surface area contributed by atoms with Gasteiger partial charge in [0.25, 0.3) is 0 Å². The molecule has 0 spiro atoms. The fraction of sp³-hybridized carbons (Fsp3) is 0.583. The van der Waals surface area contributed by atoms with Gasteiger partial charge in [-0.25, -0.2) is 14.6 Å². The summed E-state index contributed by atoms with van der Waals surface area (Å²) in [5.41, 5.74) is 0.0540. The molecule has 1 aliphatic heterocycles. The van der Waals surface area contributed by atoms with Gasteiger partial charge in [0.2, 0.25) is 0 Å². The maximum Gasteiger partial charge on any atom is 0.355 e. The quantitative estimate of drug-likeness (QED) is 0.858. The summed E-state index contributed by atoms with van der Waals surface area (Å²) in [6.07, 6.45) is 0.593. The van der Waals surface area contributed by atoms with Gasteiger partial charge in [-0.1, -0.05) is 0 Å². The highest BCUT2D eigenvalue weighted by Gasteiger charge is 2.20. The number of carbonyl (C=O) groups excluding carboxylic acids is 1. The van der Waals surface area contributed by atoms with Crippen LogP contribution in [0.5, 0.6) is 0 Å². The Labute approximate surface area is 120 Å². The van der Waals surface area contributed by atoms with Crippen LogP contribution >= 0.6 is 11.3 Å². The number of carboxylic acids is 1. The average molecular weight is 299 g/mol. The molecule has 1 fully saturated rings. The monoisotopic (exact) mass is 299 g/mol. The van der Waals surface area contributed by atoms with Gasteiger partial charge in [0.05, 0.1) is 17.7 Å². The van der Waals surface area contributed by atoms with Crippen molar-refractivity contribution in [1.29, 1.82) is 0 Å². The van der Waals surface area contributed by atoms with Crippen LogP contribution in [-0.4, -0.2) is 59.3 Å². The van der Waals surface area contributed by atoms with Crippen LogP contribution < -0.4 is 5.32 Å². The van der Waals surface area contributed by atoms with Gasteiger partial charge >= 0.3 is 12.0 Å². The van der Waals surface area contributed by atoms with E-state index in [1.165, 1.54) is 16.7 Å². The van der Waals surface area contributed by atoms with E-state index in [4.69, 9.17) is 9.84 Å². The highest BCUT2D eigenvalue weighted by atomic mass is 32.1. The summed E-state index contributed by atoms with van der Waals surface area (Å²) < 4.78 is 5.37. The molecular formula is C12H17N3O4S. The number of ether oxygens (including phenoxy) is 1. The summed E-state index contributed by atoms with van der Waals surface area (Å²) in [5, 5.41) is 13.8. The number of nitrogens with zero attached hydrogens (tertiary/aromatic N) is 2. The first-order chi connectivity index (χ1) is 9.56. The van der Waals surface area contributed by atoms with Gasteiger partial charge in [0.15, 0.2) is 5.69 Å². The maximum atomic E-state index is 11.9. The van der Waals surface area contributed by atoms with Crippen LogP contribution in [0.1, 0.15) is 22.4 Å². The summed E-state index contributed by atoms with van der Waals surface area (Å²) in [6.45, 7) is 4.12. The van der Waals surface area contributed by atoms with Gasteiger partial charge in [-0.15, -0.1) is 11.3 Å². The fourth-order valence-electron chi connectivity index (χ4n) is 1.92. The summed E-state index contributed by atoms with van der Waals surface area (Å²) in [7, 11) is 0. The van der Waals surface area contributed by atoms with Gasteiger partial charge in [0, 0.05) is 31.4 Å². The molecule has 0 aromatic carbocycles. The molecule has 1 saturated heterocycles. The number of hydrogen-bond donors (Lipinski definition) is 2. The smallest absolute Gasteiger partial charge is 0.355 e. The van der Waals surface area contributed by atoms with E-state index in [1.54, 1.807) is 4.90 Å². The van der Waals surface area contributed by atoms with Gasteiger partial charge in [-0.3, -0.25) is 0 Å². The molecule has 1 aromatic rings. The molecule has 0 aliphatic carbocycles. The second kappa shape index (κ2) is 6.67. The molecule has 0 saturated carbocycles. The number of amides is 2. The Bertz CT molecular complexity index is 491. The van der Waals surface area contributed by atoms with Crippen molar-refractivity contribution < 1.29 is 19.4 Å². The summed E-state index contributed by atoms with van der Waals surface area (Å²) in [6, 6.07) is -0.116. The highest BCUT2D eigenvalue weighted by Crippen LogP contribution is 2.10. The van der Waals surface area contributed by atoms with E-state index in [0.717, 1.165) is 0 Å². The second-order valence-corrected chi connectivity index (χ2v) is 5.48. The average Bonchev–Trinajstić information content (AvgIpc) is 2.87. The number of aromatic carboxylic acids is 1. The molecule has 8 heteroatoms. The molecule has 0 bridgehead atoms. The van der Waals surface area contributed by atoms with Crippen LogP contribution in [-0.2, 0) is 11.2 Å². The number of morpholine rings is 1. The lowest BCUT2D eigenvalue weighted by atomic mass is 10.3. The fourth-order valence-corrected chi connectivity index (χ4v) is 2.69. The van der Waals surface area contributed by atoms with E-state index in [0.29, 0.717) is 37.7 Å². The Morgan fingerprint density at radius 3 is 3.10 bits per heavy atom. The Hall–Kier alpha value is -1.67. The molecule has 7 nitrogen and oxygen atoms in total. The lowest BCUT2D eigenvalue weighted by Gasteiger charge is -2.31. The molecule has 20 heavy (non-hydrogen) atoms. The van der Waals surface area contributed by atoms with Crippen LogP contribution in [0.2, 0.25) is 0 Å². The third-order valence-electron chi connectivity index (χ3n) is 2.91. The van der Waals surface area contributed by atoms with Crippen LogP contribution in [0.15, 0.2) is 5.38 Å². The zero-order valence-electron chi connectivity index (χ0n) is 11.2. The molecule has 0 radical (unpaired) electrons. The zero-order chi connectivity index (χ0) is 14.5. The molecule has 2 heterocycles. The van der Waals surface area contributed by atoms with Crippen LogP contribution in [0.4, 0.5) is 4.79 Å². The summed E-state index contributed by atoms with van der Waals surface area (Å²) in [4.78, 5) is 28.3. The topological polar surface area (TPSA) is 91.8 Å². The van der Waals surface area contributed by atoms with Crippen LogP contribution in [0.25, 0.3) is 0 Å². The number of urea groups is 1. The Morgan fingerprint density at radius 1 is 1.65 bits per heavy atom. The minimum atomic E-state index is -1.03. The van der Waals surface area contributed by atoms with Crippen molar-refractivity contribution in [1.82, 2.24) is 15.2 Å². The van der Waals surface area contributed by atoms with Crippen molar-refractivity contribution in [2.24, 2.45) is 0 Å². The predicted octanol–water partition coefficient (Wildman–Crippen LogP) is 0.814. The number of rotatable bonds is 4. The Morgan fingerprint density at radius 2 is 2.45 bits per heavy atom. The minimum absolute atomic E-state index is 0.0540. The number of thiazole rings is 1. The molecule has 1 aromatic heterocycles. The number of aromatic nitrogens is 1. The van der Waals surface area contributed by atoms with E-state index in [1.807, 2.05) is 6.92 Å². The first-order valence-corrected chi connectivity index (χ1v) is 7.26. The van der Waals surface area contributed by atoms with E-state index < -0.39 is 5.97 Å². The van der Waals surface area contributed by atoms with E-state index >= 15 is 0 Å². The lowest BCUT2D eigenvalue weighted by molar-refractivity contribution is -0.00342. The molecular weight excluding hydrogens is 282 g/mol. The third-order valence-corrected chi connectivity index (χ3v) is 3.82. The first-order valence-electron chi connectivity index (χ1n) is 6.38. The SMILES string of the molecule is CC1CN(C(=O)NCCc2nc(C(=O)O)cs2)CCO1. The van der Waals surface area contributed by atoms with Crippen molar-refractivity contribution in [2.75, 3.05) is 26.2 Å². The van der Waals surface area contributed by atoms with Crippen molar-refractivity contribution in [2.45, 2.75) is 19.4 Å². The lowest BCUT2D eigenvalue weighted by Crippen LogP contribution is -2.49. The first kappa shape index (κ1) is 14.7. The standard InChI is InChI=1S/C12H17N3O4S/c1-8-6-15(4-5-19-8)12(18)13-3-2-10-14-9(7-20-10)11(16)17/h7-8H,2-6H2,1H3,(H,13,18)(H,16,17). The number of carboxylic acid groups (broad SMARTS) is 1. The van der Waals surface area contributed by atoms with Crippen LogP contribution in [0.3, 0.4) is 0 Å². The van der Waals surface area contributed by atoms with Crippen LogP contribution in [0, 0.1) is 0 Å². The number of nitrogens with one attached hydrogen (secondary N) is 1. The molecule has 2 rings (SSSR count).